The number of benzene rings is 3. The number of halogens is 3. The first-order valence-corrected chi connectivity index (χ1v) is 14.8. The normalized spacial score (nSPS) is 12.3. The van der Waals surface area contributed by atoms with E-state index in [2.05, 4.69) is 85.7 Å². The van der Waals surface area contributed by atoms with Crippen LogP contribution in [0.15, 0.2) is 91.1 Å². The lowest BCUT2D eigenvalue weighted by Crippen LogP contribution is -2.50. The summed E-state index contributed by atoms with van der Waals surface area (Å²) in [5.41, 5.74) is 9.84. The molecule has 5 rings (SSSR count). The fraction of sp³-hybridized carbons (Fsp3) is 0.294. The molecule has 5 N–H and O–H groups in total. The van der Waals surface area contributed by atoms with Crippen LogP contribution < -0.4 is 11.1 Å². The quantitative estimate of drug-likeness (QED) is 0.150. The van der Waals surface area contributed by atoms with Gasteiger partial charge >= 0.3 is 12.1 Å². The molecule has 0 aliphatic rings. The van der Waals surface area contributed by atoms with Gasteiger partial charge in [-0.1, -0.05) is 78.9 Å². The van der Waals surface area contributed by atoms with Crippen molar-refractivity contribution in [1.82, 2.24) is 25.1 Å². The zero-order valence-corrected chi connectivity index (χ0v) is 25.6. The molecule has 0 aliphatic carbocycles. The molecular weight excluding hydrogens is 597 g/mol. The molecule has 0 unspecified atom stereocenters. The van der Waals surface area contributed by atoms with E-state index in [1.54, 1.807) is 13.8 Å². The number of hydrogen-bond acceptors (Lipinski definition) is 5. The number of rotatable bonds is 11. The van der Waals surface area contributed by atoms with Crippen LogP contribution in [0.2, 0.25) is 0 Å². The summed E-state index contributed by atoms with van der Waals surface area (Å²) in [6.07, 6.45) is -0.0612. The molecule has 0 fully saturated rings. The second-order valence-electron chi connectivity index (χ2n) is 11.5. The molecule has 3 aromatic carbocycles. The Kier molecular flexibility index (Phi) is 11.0. The van der Waals surface area contributed by atoms with Crippen molar-refractivity contribution in [2.24, 2.45) is 5.73 Å². The summed E-state index contributed by atoms with van der Waals surface area (Å²) < 4.78 is 33.9. The Labute approximate surface area is 264 Å². The van der Waals surface area contributed by atoms with E-state index in [1.807, 2.05) is 30.5 Å². The smallest absolute Gasteiger partial charge is 0.475 e. The molecule has 46 heavy (non-hydrogen) atoms. The first-order valence-electron chi connectivity index (χ1n) is 14.8. The summed E-state index contributed by atoms with van der Waals surface area (Å²) in [7, 11) is 0. The molecule has 2 heterocycles. The molecule has 1 atom stereocenters. The van der Waals surface area contributed by atoms with E-state index in [-0.39, 0.29) is 5.91 Å². The van der Waals surface area contributed by atoms with Gasteiger partial charge in [0.05, 0.1) is 11.6 Å². The summed E-state index contributed by atoms with van der Waals surface area (Å²) in [6.45, 7) is 4.15. The van der Waals surface area contributed by atoms with Gasteiger partial charge < -0.3 is 25.7 Å². The Morgan fingerprint density at radius 1 is 0.891 bits per heavy atom. The summed E-state index contributed by atoms with van der Waals surface area (Å²) in [4.78, 5) is 25.4. The third kappa shape index (κ3) is 9.27. The van der Waals surface area contributed by atoms with Crippen molar-refractivity contribution in [3.63, 3.8) is 0 Å². The Morgan fingerprint density at radius 3 is 2.04 bits per heavy atom. The van der Waals surface area contributed by atoms with Crippen LogP contribution in [0, 0.1) is 0 Å². The number of aryl methyl sites for hydroxylation is 3. The minimum Gasteiger partial charge on any atom is -0.475 e. The van der Waals surface area contributed by atoms with Crippen molar-refractivity contribution in [2.75, 3.05) is 0 Å². The fourth-order valence-corrected chi connectivity index (χ4v) is 4.89. The lowest BCUT2D eigenvalue weighted by Gasteiger charge is -2.25. The molecule has 5 aromatic rings. The first kappa shape index (κ1) is 33.9. The van der Waals surface area contributed by atoms with Gasteiger partial charge in [0.25, 0.3) is 0 Å². The average Bonchev–Trinajstić information content (AvgIpc) is 3.63. The molecule has 0 radical (unpaired) electrons. The van der Waals surface area contributed by atoms with Crippen LogP contribution in [0.4, 0.5) is 13.2 Å². The van der Waals surface area contributed by atoms with E-state index >= 15 is 0 Å². The second kappa shape index (κ2) is 14.9. The molecule has 0 saturated carbocycles. The number of carbonyl (C=O) groups excluding carboxylic acids is 1. The maximum atomic E-state index is 13.1. The van der Waals surface area contributed by atoms with Gasteiger partial charge in [0.15, 0.2) is 5.82 Å². The molecule has 242 valence electrons. The zero-order valence-electron chi connectivity index (χ0n) is 25.6. The van der Waals surface area contributed by atoms with Crippen molar-refractivity contribution in [3.05, 3.63) is 119 Å². The van der Waals surface area contributed by atoms with Crippen molar-refractivity contribution in [2.45, 2.75) is 63.8 Å². The predicted octanol–water partition coefficient (Wildman–Crippen LogP) is 5.56. The van der Waals surface area contributed by atoms with Crippen LogP contribution in [0.5, 0.6) is 0 Å². The van der Waals surface area contributed by atoms with Crippen LogP contribution in [-0.2, 0) is 41.8 Å². The number of aliphatic carboxylic acids is 1. The Hall–Kier alpha value is -4.97. The standard InChI is InChI=1S/C32H36N6O.C2HF3O2/c1-32(2,33)31(39)35-28(21-25-22-34-27-16-10-9-15-26(25)27)30-37-36-29(18-17-23-11-5-3-6-12-23)38(30)20-19-24-13-7-4-8-14-24;3-2(4,5)1(6)7/h3-16,22,28,34H,17-21,33H2,1-2H3,(H,35,39);(H,6,7)/t28-;/m1./s1. The SMILES string of the molecule is CC(C)(N)C(=O)N[C@H](Cc1c[nH]c2ccccc12)c1nnc(CCc2ccccc2)n1CCc1ccccc1.O=C(O)C(F)(F)F. The van der Waals surface area contributed by atoms with Gasteiger partial charge in [0.1, 0.15) is 5.82 Å². The third-order valence-corrected chi connectivity index (χ3v) is 7.35. The maximum Gasteiger partial charge on any atom is 0.490 e. The number of fused-ring (bicyclic) bond motifs is 1. The minimum atomic E-state index is -5.08. The van der Waals surface area contributed by atoms with Gasteiger partial charge in [-0.3, -0.25) is 4.79 Å². The van der Waals surface area contributed by atoms with Crippen LogP contribution in [-0.4, -0.2) is 48.4 Å². The molecule has 0 bridgehead atoms. The van der Waals surface area contributed by atoms with Gasteiger partial charge in [-0.25, -0.2) is 4.79 Å². The topological polar surface area (TPSA) is 139 Å². The van der Waals surface area contributed by atoms with E-state index in [0.29, 0.717) is 13.0 Å². The van der Waals surface area contributed by atoms with Crippen molar-refractivity contribution >= 4 is 22.8 Å². The maximum absolute atomic E-state index is 13.1. The number of carbonyl (C=O) groups is 2. The number of para-hydroxylation sites is 1. The molecule has 0 aliphatic heterocycles. The van der Waals surface area contributed by atoms with Gasteiger partial charge in [-0.15, -0.1) is 10.2 Å². The molecule has 9 nitrogen and oxygen atoms in total. The monoisotopic (exact) mass is 634 g/mol. The van der Waals surface area contributed by atoms with Crippen LogP contribution in [0.3, 0.4) is 0 Å². The van der Waals surface area contributed by atoms with E-state index in [1.165, 1.54) is 11.1 Å². The molecule has 12 heteroatoms. The molecular formula is C34H37F3N6O3. The number of alkyl halides is 3. The summed E-state index contributed by atoms with van der Waals surface area (Å²) >= 11 is 0. The lowest BCUT2D eigenvalue weighted by molar-refractivity contribution is -0.192. The number of aromatic nitrogens is 4. The van der Waals surface area contributed by atoms with Gasteiger partial charge in [-0.05, 0) is 49.4 Å². The molecule has 2 aromatic heterocycles. The first-order chi connectivity index (χ1) is 21.8. The fourth-order valence-electron chi connectivity index (χ4n) is 4.89. The number of hydrogen-bond donors (Lipinski definition) is 4. The Balaban J connectivity index is 0.000000617. The highest BCUT2D eigenvalue weighted by Gasteiger charge is 2.38. The highest BCUT2D eigenvalue weighted by molar-refractivity contribution is 5.86. The van der Waals surface area contributed by atoms with Crippen molar-refractivity contribution in [3.8, 4) is 0 Å². The van der Waals surface area contributed by atoms with E-state index < -0.39 is 23.7 Å². The number of nitrogens with one attached hydrogen (secondary N) is 2. The summed E-state index contributed by atoms with van der Waals surface area (Å²) in [5, 5.41) is 20.8. The predicted molar refractivity (Wildman–Crippen MR) is 169 cm³/mol. The van der Waals surface area contributed by atoms with E-state index in [4.69, 9.17) is 15.6 Å². The highest BCUT2D eigenvalue weighted by Crippen LogP contribution is 2.26. The van der Waals surface area contributed by atoms with Crippen LogP contribution in [0.25, 0.3) is 10.9 Å². The second-order valence-corrected chi connectivity index (χ2v) is 11.5. The van der Waals surface area contributed by atoms with Crippen LogP contribution in [0.1, 0.15) is 48.2 Å². The van der Waals surface area contributed by atoms with E-state index in [9.17, 15) is 18.0 Å². The number of nitrogens with zero attached hydrogens (tertiary/aromatic N) is 3. The number of H-pyrrole nitrogens is 1. The number of carboxylic acid groups (broad SMARTS) is 1. The Morgan fingerprint density at radius 2 is 1.46 bits per heavy atom. The number of aromatic amines is 1. The number of amides is 1. The number of carboxylic acids is 1. The third-order valence-electron chi connectivity index (χ3n) is 7.35. The van der Waals surface area contributed by atoms with E-state index in [0.717, 1.165) is 47.4 Å². The molecule has 1 amide bonds. The largest absolute Gasteiger partial charge is 0.490 e. The average molecular weight is 635 g/mol. The highest BCUT2D eigenvalue weighted by atomic mass is 19.4. The van der Waals surface area contributed by atoms with Crippen LogP contribution >= 0.6 is 0 Å². The zero-order chi connectivity index (χ0) is 33.3. The van der Waals surface area contributed by atoms with Crippen molar-refractivity contribution < 1.29 is 27.9 Å². The Bertz CT molecular complexity index is 1730. The molecule has 0 saturated heterocycles. The number of nitrogens with two attached hydrogens (primary N) is 1. The van der Waals surface area contributed by atoms with Gasteiger partial charge in [0.2, 0.25) is 5.91 Å². The minimum absolute atomic E-state index is 0.226. The lowest BCUT2D eigenvalue weighted by atomic mass is 10.0. The van der Waals surface area contributed by atoms with Gasteiger partial charge in [-0.2, -0.15) is 13.2 Å². The van der Waals surface area contributed by atoms with Gasteiger partial charge in [0, 0.05) is 36.5 Å². The van der Waals surface area contributed by atoms with Crippen molar-refractivity contribution in [1.29, 1.82) is 0 Å². The summed E-state index contributed by atoms with van der Waals surface area (Å²) in [6, 6.07) is 28.6. The summed E-state index contributed by atoms with van der Waals surface area (Å²) in [5.74, 6) is -1.32. The molecule has 0 spiro atoms.